The number of amides is 1. The molecule has 0 aromatic heterocycles. The highest BCUT2D eigenvalue weighted by molar-refractivity contribution is 6.02. The van der Waals surface area contributed by atoms with Gasteiger partial charge in [-0.3, -0.25) is 14.4 Å². The van der Waals surface area contributed by atoms with Gasteiger partial charge < -0.3 is 14.4 Å². The average molecular weight is 506 g/mol. The van der Waals surface area contributed by atoms with Crippen LogP contribution in [0.3, 0.4) is 0 Å². The van der Waals surface area contributed by atoms with Crippen molar-refractivity contribution in [2.75, 3.05) is 11.4 Å². The Labute approximate surface area is 221 Å². The molecular formula is C32H27NO5. The third-order valence-corrected chi connectivity index (χ3v) is 6.53. The lowest BCUT2D eigenvalue weighted by Gasteiger charge is -2.18. The molecule has 1 amide bonds. The lowest BCUT2D eigenvalue weighted by atomic mass is 10.0. The molecule has 6 nitrogen and oxygen atoms in total. The highest BCUT2D eigenvalue weighted by atomic mass is 16.5. The second kappa shape index (κ2) is 11.1. The van der Waals surface area contributed by atoms with Gasteiger partial charge in [-0.15, -0.1) is 0 Å². The van der Waals surface area contributed by atoms with Crippen molar-refractivity contribution in [1.29, 1.82) is 0 Å². The van der Waals surface area contributed by atoms with Crippen molar-refractivity contribution in [2.45, 2.75) is 19.4 Å². The van der Waals surface area contributed by atoms with Crippen LogP contribution in [0.4, 0.5) is 5.69 Å². The molecule has 6 heteroatoms. The van der Waals surface area contributed by atoms with E-state index in [1.165, 1.54) is 0 Å². The summed E-state index contributed by atoms with van der Waals surface area (Å²) in [5, 5.41) is 0. The maximum absolute atomic E-state index is 12.7. The van der Waals surface area contributed by atoms with Gasteiger partial charge in [0, 0.05) is 29.8 Å². The minimum Gasteiger partial charge on any atom is -0.457 e. The van der Waals surface area contributed by atoms with E-state index in [2.05, 4.69) is 0 Å². The van der Waals surface area contributed by atoms with Crippen LogP contribution in [0.25, 0.3) is 11.1 Å². The van der Waals surface area contributed by atoms with Crippen molar-refractivity contribution in [2.24, 2.45) is 5.92 Å². The summed E-state index contributed by atoms with van der Waals surface area (Å²) >= 11 is 0. The number of ketones is 1. The molecule has 0 bridgehead atoms. The number of Topliss-reactive ketones (excluding diaryl/α,β-unsaturated/α-hetero) is 1. The van der Waals surface area contributed by atoms with Crippen molar-refractivity contribution in [1.82, 2.24) is 0 Å². The quantitative estimate of drug-likeness (QED) is 0.207. The van der Waals surface area contributed by atoms with Crippen molar-refractivity contribution in [3.63, 3.8) is 0 Å². The first-order chi connectivity index (χ1) is 18.5. The average Bonchev–Trinajstić information content (AvgIpc) is 3.36. The molecule has 0 saturated carbocycles. The SMILES string of the molecule is C[C@H](OC(=O)[C@H]1CC(=O)N(c2ccc(Oc3ccccc3-c3ccccc3)cc2)C1)C(=O)c1ccccc1. The number of anilines is 1. The third kappa shape index (κ3) is 5.49. The zero-order chi connectivity index (χ0) is 26.5. The van der Waals surface area contributed by atoms with Crippen molar-refractivity contribution in [3.05, 3.63) is 115 Å². The summed E-state index contributed by atoms with van der Waals surface area (Å²) in [5.41, 5.74) is 3.18. The van der Waals surface area contributed by atoms with Crippen LogP contribution in [0, 0.1) is 5.92 Å². The Kier molecular flexibility index (Phi) is 7.31. The predicted octanol–water partition coefficient (Wildman–Crippen LogP) is 6.31. The van der Waals surface area contributed by atoms with E-state index < -0.39 is 18.0 Å². The summed E-state index contributed by atoms with van der Waals surface area (Å²) < 4.78 is 11.6. The van der Waals surface area contributed by atoms with Gasteiger partial charge >= 0.3 is 5.97 Å². The van der Waals surface area contributed by atoms with Gasteiger partial charge in [0.1, 0.15) is 11.5 Å². The Balaban J connectivity index is 1.22. The van der Waals surface area contributed by atoms with Crippen LogP contribution in [-0.2, 0) is 14.3 Å². The molecule has 0 radical (unpaired) electrons. The second-order valence-corrected chi connectivity index (χ2v) is 9.17. The molecule has 1 fully saturated rings. The molecule has 190 valence electrons. The number of ether oxygens (including phenoxy) is 2. The van der Waals surface area contributed by atoms with Crippen LogP contribution in [-0.4, -0.2) is 30.3 Å². The van der Waals surface area contributed by atoms with Crippen molar-refractivity contribution in [3.8, 4) is 22.6 Å². The zero-order valence-corrected chi connectivity index (χ0v) is 20.9. The Morgan fingerprint density at radius 1 is 0.816 bits per heavy atom. The van der Waals surface area contributed by atoms with Gasteiger partial charge in [0.15, 0.2) is 6.10 Å². The number of benzene rings is 4. The molecule has 1 aliphatic rings. The van der Waals surface area contributed by atoms with E-state index in [1.807, 2.05) is 60.7 Å². The standard InChI is InChI=1S/C32H27NO5/c1-22(31(35)24-12-6-3-7-13-24)37-32(36)25-20-30(34)33(21-25)26-16-18-27(19-17-26)38-29-15-9-8-14-28(29)23-10-4-2-5-11-23/h2-19,22,25H,20-21H2,1H3/t22-,25-/m0/s1. The zero-order valence-electron chi connectivity index (χ0n) is 20.9. The molecule has 4 aromatic rings. The van der Waals surface area contributed by atoms with Crippen LogP contribution in [0.2, 0.25) is 0 Å². The molecule has 1 saturated heterocycles. The number of hydrogen-bond donors (Lipinski definition) is 0. The molecule has 5 rings (SSSR count). The van der Waals surface area contributed by atoms with Gasteiger partial charge in [-0.25, -0.2) is 0 Å². The first-order valence-corrected chi connectivity index (χ1v) is 12.5. The van der Waals surface area contributed by atoms with Crippen LogP contribution in [0.1, 0.15) is 23.7 Å². The largest absolute Gasteiger partial charge is 0.457 e. The molecule has 4 aromatic carbocycles. The fourth-order valence-corrected chi connectivity index (χ4v) is 4.51. The summed E-state index contributed by atoms with van der Waals surface area (Å²) in [6.45, 7) is 1.75. The summed E-state index contributed by atoms with van der Waals surface area (Å²) in [6, 6.07) is 33.7. The molecule has 0 unspecified atom stereocenters. The van der Waals surface area contributed by atoms with Gasteiger partial charge in [0.25, 0.3) is 0 Å². The Morgan fingerprint density at radius 2 is 1.45 bits per heavy atom. The highest BCUT2D eigenvalue weighted by Gasteiger charge is 2.37. The molecule has 0 aliphatic carbocycles. The van der Waals surface area contributed by atoms with E-state index >= 15 is 0 Å². The summed E-state index contributed by atoms with van der Waals surface area (Å²) in [4.78, 5) is 39.6. The predicted molar refractivity (Wildman–Crippen MR) is 145 cm³/mol. The fourth-order valence-electron chi connectivity index (χ4n) is 4.51. The molecule has 0 spiro atoms. The van der Waals surface area contributed by atoms with Crippen LogP contribution < -0.4 is 9.64 Å². The van der Waals surface area contributed by atoms with E-state index in [9.17, 15) is 14.4 Å². The molecule has 38 heavy (non-hydrogen) atoms. The minimum atomic E-state index is -0.927. The van der Waals surface area contributed by atoms with Gasteiger partial charge in [-0.2, -0.15) is 0 Å². The fraction of sp³-hybridized carbons (Fsp3) is 0.156. The molecule has 1 aliphatic heterocycles. The Hall–Kier alpha value is -4.71. The minimum absolute atomic E-state index is 0.0355. The smallest absolute Gasteiger partial charge is 0.312 e. The number of para-hydroxylation sites is 1. The number of rotatable bonds is 8. The van der Waals surface area contributed by atoms with Crippen molar-refractivity contribution < 1.29 is 23.9 Å². The summed E-state index contributed by atoms with van der Waals surface area (Å²) in [7, 11) is 0. The number of esters is 1. The maximum Gasteiger partial charge on any atom is 0.312 e. The molecule has 1 heterocycles. The van der Waals surface area contributed by atoms with E-state index in [0.29, 0.717) is 17.0 Å². The third-order valence-electron chi connectivity index (χ3n) is 6.53. The summed E-state index contributed by atoms with van der Waals surface area (Å²) in [6.07, 6.45) is -0.891. The van der Waals surface area contributed by atoms with Gasteiger partial charge in [0.05, 0.1) is 5.92 Å². The second-order valence-electron chi connectivity index (χ2n) is 9.17. The normalized spacial score (nSPS) is 15.7. The van der Waals surface area contributed by atoms with E-state index in [4.69, 9.17) is 9.47 Å². The first kappa shape index (κ1) is 25.0. The molecule has 2 atom stereocenters. The molecular weight excluding hydrogens is 478 g/mol. The summed E-state index contributed by atoms with van der Waals surface area (Å²) in [5.74, 6) is -0.266. The number of hydrogen-bond acceptors (Lipinski definition) is 5. The van der Waals surface area contributed by atoms with Crippen LogP contribution >= 0.6 is 0 Å². The van der Waals surface area contributed by atoms with Crippen LogP contribution in [0.5, 0.6) is 11.5 Å². The van der Waals surface area contributed by atoms with Gasteiger partial charge in [0.2, 0.25) is 11.7 Å². The Bertz CT molecular complexity index is 1430. The van der Waals surface area contributed by atoms with E-state index in [-0.39, 0.29) is 24.7 Å². The number of carbonyl (C=O) groups is 3. The first-order valence-electron chi connectivity index (χ1n) is 12.5. The number of carbonyl (C=O) groups excluding carboxylic acids is 3. The van der Waals surface area contributed by atoms with Gasteiger partial charge in [-0.05, 0) is 42.8 Å². The molecule has 0 N–H and O–H groups in total. The van der Waals surface area contributed by atoms with Crippen LogP contribution in [0.15, 0.2) is 109 Å². The van der Waals surface area contributed by atoms with Crippen molar-refractivity contribution >= 4 is 23.3 Å². The van der Waals surface area contributed by atoms with Gasteiger partial charge in [-0.1, -0.05) is 78.9 Å². The maximum atomic E-state index is 12.7. The monoisotopic (exact) mass is 505 g/mol. The highest BCUT2D eigenvalue weighted by Crippen LogP contribution is 2.34. The van der Waals surface area contributed by atoms with E-state index in [0.717, 1.165) is 16.9 Å². The number of nitrogens with zero attached hydrogens (tertiary/aromatic N) is 1. The topological polar surface area (TPSA) is 72.9 Å². The Morgan fingerprint density at radius 3 is 2.16 bits per heavy atom. The lowest BCUT2D eigenvalue weighted by molar-refractivity contribution is -0.151. The van der Waals surface area contributed by atoms with E-state index in [1.54, 1.807) is 60.4 Å². The lowest BCUT2D eigenvalue weighted by Crippen LogP contribution is -2.30.